The number of hydrogen-bond acceptors (Lipinski definition) is 11. The maximum Gasteiger partial charge on any atom is 0.519 e. The second-order valence-electron chi connectivity index (χ2n) is 8.07. The van der Waals surface area contributed by atoms with Gasteiger partial charge >= 0.3 is 23.1 Å². The summed E-state index contributed by atoms with van der Waals surface area (Å²) in [6.45, 7) is 9.65. The SMILES string of the molecule is CC(=O)N[C@@H](C(=O)OCc1oc(=O)oc1C)C(C)(C)SC(=O)OCOC(=O)C(C)(C)C. The van der Waals surface area contributed by atoms with Crippen LogP contribution in [0.3, 0.4) is 0 Å². The van der Waals surface area contributed by atoms with Crippen LogP contribution in [-0.4, -0.2) is 40.7 Å². The molecule has 0 saturated heterocycles. The van der Waals surface area contributed by atoms with Crippen LogP contribution in [-0.2, 0) is 35.2 Å². The van der Waals surface area contributed by atoms with Crippen molar-refractivity contribution in [3.63, 3.8) is 0 Å². The van der Waals surface area contributed by atoms with Crippen molar-refractivity contribution in [1.82, 2.24) is 5.32 Å². The van der Waals surface area contributed by atoms with Crippen molar-refractivity contribution in [3.8, 4) is 0 Å². The first-order valence-electron chi connectivity index (χ1n) is 9.19. The molecule has 1 aromatic rings. The molecule has 0 aromatic carbocycles. The topological polar surface area (TPSA) is 151 Å². The van der Waals surface area contributed by atoms with Gasteiger partial charge in [-0.1, -0.05) is 0 Å². The summed E-state index contributed by atoms with van der Waals surface area (Å²) in [4.78, 5) is 59.1. The van der Waals surface area contributed by atoms with Crippen molar-refractivity contribution < 1.29 is 42.2 Å². The van der Waals surface area contributed by atoms with Crippen LogP contribution >= 0.6 is 11.8 Å². The van der Waals surface area contributed by atoms with Gasteiger partial charge in [-0.25, -0.2) is 14.4 Å². The first-order valence-corrected chi connectivity index (χ1v) is 10.0. The molecule has 0 bridgehead atoms. The van der Waals surface area contributed by atoms with Gasteiger partial charge in [-0.15, -0.1) is 0 Å². The van der Waals surface area contributed by atoms with E-state index in [1.54, 1.807) is 20.8 Å². The average Bonchev–Trinajstić information content (AvgIpc) is 2.93. The summed E-state index contributed by atoms with van der Waals surface area (Å²) in [5.41, 5.74) is -0.758. The van der Waals surface area contributed by atoms with Crippen LogP contribution in [0.25, 0.3) is 0 Å². The van der Waals surface area contributed by atoms with Crippen molar-refractivity contribution in [2.45, 2.75) is 65.9 Å². The molecule has 1 amide bonds. The fraction of sp³-hybridized carbons (Fsp3) is 0.632. The molecule has 1 heterocycles. The zero-order chi connectivity index (χ0) is 24.0. The van der Waals surface area contributed by atoms with E-state index in [1.807, 2.05) is 0 Å². The van der Waals surface area contributed by atoms with E-state index in [0.717, 1.165) is 0 Å². The lowest BCUT2D eigenvalue weighted by Gasteiger charge is -2.31. The largest absolute Gasteiger partial charge is 0.519 e. The highest BCUT2D eigenvalue weighted by atomic mass is 32.2. The number of ether oxygens (including phenoxy) is 3. The molecule has 174 valence electrons. The van der Waals surface area contributed by atoms with Crippen LogP contribution in [0.15, 0.2) is 13.6 Å². The van der Waals surface area contributed by atoms with Gasteiger partial charge in [0, 0.05) is 6.92 Å². The second-order valence-corrected chi connectivity index (χ2v) is 9.66. The molecule has 11 nitrogen and oxygen atoms in total. The summed E-state index contributed by atoms with van der Waals surface area (Å²) >= 11 is 0.608. The lowest BCUT2D eigenvalue weighted by molar-refractivity contribution is -0.160. The summed E-state index contributed by atoms with van der Waals surface area (Å²) in [5, 5.41) is 1.61. The number of thioether (sulfide) groups is 1. The van der Waals surface area contributed by atoms with Crippen LogP contribution in [0.4, 0.5) is 4.79 Å². The summed E-state index contributed by atoms with van der Waals surface area (Å²) in [6.07, 6.45) is 0. The molecule has 1 aromatic heterocycles. The fourth-order valence-electron chi connectivity index (χ4n) is 2.10. The minimum atomic E-state index is -1.25. The van der Waals surface area contributed by atoms with Crippen LogP contribution < -0.4 is 11.1 Å². The van der Waals surface area contributed by atoms with Crippen molar-refractivity contribution in [2.24, 2.45) is 5.41 Å². The normalized spacial score (nSPS) is 12.6. The molecule has 0 radical (unpaired) electrons. The molecule has 12 heteroatoms. The predicted molar refractivity (Wildman–Crippen MR) is 108 cm³/mol. The van der Waals surface area contributed by atoms with E-state index < -0.39 is 58.6 Å². The number of aryl methyl sites for hydroxylation is 1. The number of rotatable bonds is 8. The Kier molecular flexibility index (Phi) is 8.91. The second kappa shape index (κ2) is 10.5. The molecule has 0 unspecified atom stereocenters. The van der Waals surface area contributed by atoms with Gasteiger partial charge in [-0.2, -0.15) is 0 Å². The smallest absolute Gasteiger partial charge is 0.456 e. The van der Waals surface area contributed by atoms with Gasteiger partial charge in [0.25, 0.3) is 0 Å². The number of carbonyl (C=O) groups is 4. The van der Waals surface area contributed by atoms with Crippen LogP contribution in [0.5, 0.6) is 0 Å². The van der Waals surface area contributed by atoms with E-state index in [4.69, 9.17) is 18.6 Å². The van der Waals surface area contributed by atoms with Crippen LogP contribution in [0.1, 0.15) is 53.1 Å². The van der Waals surface area contributed by atoms with Crippen molar-refractivity contribution in [2.75, 3.05) is 6.79 Å². The fourth-order valence-corrected chi connectivity index (χ4v) is 2.91. The Morgan fingerprint density at radius 2 is 1.65 bits per heavy atom. The monoisotopic (exact) mass is 461 g/mol. The van der Waals surface area contributed by atoms with Gasteiger partial charge in [0.2, 0.25) is 12.7 Å². The van der Waals surface area contributed by atoms with E-state index in [-0.39, 0.29) is 11.5 Å². The molecule has 1 atom stereocenters. The van der Waals surface area contributed by atoms with Crippen molar-refractivity contribution in [1.29, 1.82) is 0 Å². The molecule has 0 spiro atoms. The van der Waals surface area contributed by atoms with Crippen molar-refractivity contribution >= 4 is 34.9 Å². The maximum atomic E-state index is 12.6. The highest BCUT2D eigenvalue weighted by Gasteiger charge is 2.40. The van der Waals surface area contributed by atoms with Crippen LogP contribution in [0, 0.1) is 12.3 Å². The Morgan fingerprint density at radius 3 is 2.13 bits per heavy atom. The minimum Gasteiger partial charge on any atom is -0.456 e. The van der Waals surface area contributed by atoms with E-state index in [9.17, 15) is 24.0 Å². The Morgan fingerprint density at radius 1 is 1.03 bits per heavy atom. The Balaban J connectivity index is 2.76. The highest BCUT2D eigenvalue weighted by Crippen LogP contribution is 2.31. The summed E-state index contributed by atoms with van der Waals surface area (Å²) in [6, 6.07) is -1.25. The van der Waals surface area contributed by atoms with Gasteiger partial charge in [0.15, 0.2) is 18.1 Å². The molecule has 31 heavy (non-hydrogen) atoms. The molecule has 0 aliphatic rings. The molecule has 1 rings (SSSR count). The van der Waals surface area contributed by atoms with Gasteiger partial charge in [0.05, 0.1) is 10.2 Å². The van der Waals surface area contributed by atoms with E-state index in [1.165, 1.54) is 27.7 Å². The maximum absolute atomic E-state index is 12.6. The molecular formula is C19H27NO10S. The van der Waals surface area contributed by atoms with Gasteiger partial charge in [-0.3, -0.25) is 9.59 Å². The van der Waals surface area contributed by atoms with Crippen molar-refractivity contribution in [3.05, 3.63) is 22.1 Å². The summed E-state index contributed by atoms with van der Waals surface area (Å²) in [5.74, 6) is -2.73. The molecule has 0 aliphatic carbocycles. The van der Waals surface area contributed by atoms with E-state index >= 15 is 0 Å². The number of hydrogen-bond donors (Lipinski definition) is 1. The van der Waals surface area contributed by atoms with E-state index in [2.05, 4.69) is 9.73 Å². The first-order chi connectivity index (χ1) is 14.1. The zero-order valence-corrected chi connectivity index (χ0v) is 19.3. The summed E-state index contributed by atoms with van der Waals surface area (Å²) in [7, 11) is 0. The Hall–Kier alpha value is -2.76. The lowest BCUT2D eigenvalue weighted by atomic mass is 9.98. The molecule has 0 aliphatic heterocycles. The first kappa shape index (κ1) is 26.3. The molecule has 0 saturated carbocycles. The molecule has 1 N–H and O–H groups in total. The van der Waals surface area contributed by atoms with Gasteiger partial charge in [0.1, 0.15) is 6.04 Å². The average molecular weight is 461 g/mol. The lowest BCUT2D eigenvalue weighted by Crippen LogP contribution is -2.53. The predicted octanol–water partition coefficient (Wildman–Crippen LogP) is 2.28. The Labute approximate surface area is 183 Å². The minimum absolute atomic E-state index is 0.0189. The van der Waals surface area contributed by atoms with Gasteiger partial charge < -0.3 is 28.4 Å². The summed E-state index contributed by atoms with van der Waals surface area (Å²) < 4.78 is 23.1. The number of nitrogens with one attached hydrogen (secondary N) is 1. The quantitative estimate of drug-likeness (QED) is 0.448. The third kappa shape index (κ3) is 8.48. The third-order valence-electron chi connectivity index (χ3n) is 3.79. The number of carbonyl (C=O) groups excluding carboxylic acids is 4. The number of esters is 2. The third-order valence-corrected chi connectivity index (χ3v) is 4.83. The standard InChI is InChI=1S/C19H27NO10S/c1-10-12(30-16(24)29-10)8-26-14(22)13(20-11(2)21)19(6,7)31-17(25)28-9-27-15(23)18(3,4)5/h13H,8-9H2,1-7H3,(H,20,21)/t13-/m0/s1. The Bertz CT molecular complexity index is 877. The van der Waals surface area contributed by atoms with Crippen LogP contribution in [0.2, 0.25) is 0 Å². The number of amides is 1. The van der Waals surface area contributed by atoms with Gasteiger partial charge in [-0.05, 0) is 53.3 Å². The van der Waals surface area contributed by atoms with E-state index in [0.29, 0.717) is 11.8 Å². The zero-order valence-electron chi connectivity index (χ0n) is 18.5. The highest BCUT2D eigenvalue weighted by molar-refractivity contribution is 8.14. The molecule has 0 fully saturated rings. The molecular weight excluding hydrogens is 434 g/mol.